The second-order valence-electron chi connectivity index (χ2n) is 3.94. The Kier molecular flexibility index (Phi) is 4.89. The zero-order valence-corrected chi connectivity index (χ0v) is 11.2. The third-order valence-electron chi connectivity index (χ3n) is 2.38. The molecule has 0 radical (unpaired) electrons. The normalized spacial score (nSPS) is 13.4. The number of sulfonamides is 1. The van der Waals surface area contributed by atoms with Crippen molar-refractivity contribution in [1.82, 2.24) is 9.71 Å². The number of hydrogen-bond acceptors (Lipinski definition) is 4. The van der Waals surface area contributed by atoms with E-state index in [-0.39, 0.29) is 10.9 Å². The van der Waals surface area contributed by atoms with Crippen LogP contribution in [0.4, 0.5) is 5.82 Å². The van der Waals surface area contributed by atoms with Crippen molar-refractivity contribution in [1.29, 1.82) is 0 Å². The summed E-state index contributed by atoms with van der Waals surface area (Å²) in [6.07, 6.45) is 3.12. The molecule has 1 unspecified atom stereocenters. The first-order valence-electron chi connectivity index (χ1n) is 5.65. The van der Waals surface area contributed by atoms with Crippen LogP contribution >= 0.6 is 0 Å². The van der Waals surface area contributed by atoms with E-state index in [0.717, 1.165) is 12.8 Å². The Morgan fingerprint density at radius 3 is 2.59 bits per heavy atom. The highest BCUT2D eigenvalue weighted by Crippen LogP contribution is 2.11. The van der Waals surface area contributed by atoms with Crippen LogP contribution < -0.4 is 10.0 Å². The highest BCUT2D eigenvalue weighted by Gasteiger charge is 2.17. The van der Waals surface area contributed by atoms with Gasteiger partial charge < -0.3 is 5.32 Å². The van der Waals surface area contributed by atoms with Gasteiger partial charge in [0.2, 0.25) is 10.0 Å². The summed E-state index contributed by atoms with van der Waals surface area (Å²) >= 11 is 0. The number of nitrogens with zero attached hydrogens (tertiary/aromatic N) is 1. The Morgan fingerprint density at radius 1 is 1.41 bits per heavy atom. The number of pyridine rings is 1. The minimum atomic E-state index is -3.45. The zero-order valence-electron chi connectivity index (χ0n) is 10.4. The van der Waals surface area contributed by atoms with Crippen LogP contribution in [0.25, 0.3) is 0 Å². The lowest BCUT2D eigenvalue weighted by Crippen LogP contribution is -2.32. The maximum atomic E-state index is 11.9. The fourth-order valence-corrected chi connectivity index (χ4v) is 2.73. The second-order valence-corrected chi connectivity index (χ2v) is 5.65. The molecule has 2 N–H and O–H groups in total. The van der Waals surface area contributed by atoms with E-state index in [4.69, 9.17) is 0 Å². The van der Waals surface area contributed by atoms with Crippen LogP contribution in [-0.4, -0.2) is 26.5 Å². The zero-order chi connectivity index (χ0) is 12.9. The largest absolute Gasteiger partial charge is 0.373 e. The first-order chi connectivity index (χ1) is 7.99. The van der Waals surface area contributed by atoms with Crippen LogP contribution in [-0.2, 0) is 10.0 Å². The number of anilines is 1. The van der Waals surface area contributed by atoms with E-state index in [2.05, 4.69) is 15.0 Å². The van der Waals surface area contributed by atoms with Crippen molar-refractivity contribution in [3.05, 3.63) is 18.3 Å². The topological polar surface area (TPSA) is 71.1 Å². The summed E-state index contributed by atoms with van der Waals surface area (Å²) in [6.45, 7) is 3.88. The molecule has 0 aliphatic rings. The lowest BCUT2D eigenvalue weighted by molar-refractivity contribution is 0.543. The predicted molar refractivity (Wildman–Crippen MR) is 68.5 cm³/mol. The molecule has 0 saturated carbocycles. The van der Waals surface area contributed by atoms with Gasteiger partial charge in [0.05, 0.1) is 0 Å². The molecule has 0 saturated heterocycles. The molecule has 6 heteroatoms. The molecule has 0 amide bonds. The third-order valence-corrected chi connectivity index (χ3v) is 3.96. The van der Waals surface area contributed by atoms with E-state index in [0.29, 0.717) is 5.82 Å². The third kappa shape index (κ3) is 3.98. The molecular weight excluding hydrogens is 238 g/mol. The van der Waals surface area contributed by atoms with Crippen molar-refractivity contribution in [3.8, 4) is 0 Å². The van der Waals surface area contributed by atoms with E-state index in [9.17, 15) is 8.42 Å². The average Bonchev–Trinajstić information content (AvgIpc) is 2.28. The molecule has 1 aromatic heterocycles. The van der Waals surface area contributed by atoms with Gasteiger partial charge in [-0.15, -0.1) is 0 Å². The highest BCUT2D eigenvalue weighted by molar-refractivity contribution is 7.89. The fourth-order valence-electron chi connectivity index (χ4n) is 1.51. The lowest BCUT2D eigenvalue weighted by Gasteiger charge is -2.13. The SMILES string of the molecule is CCCC(C)NS(=O)(=O)c1ccc(NC)nc1. The van der Waals surface area contributed by atoms with Crippen LogP contribution in [0.2, 0.25) is 0 Å². The molecule has 0 aliphatic carbocycles. The summed E-state index contributed by atoms with van der Waals surface area (Å²) in [4.78, 5) is 4.18. The summed E-state index contributed by atoms with van der Waals surface area (Å²) in [5.41, 5.74) is 0. The molecular formula is C11H19N3O2S. The predicted octanol–water partition coefficient (Wildman–Crippen LogP) is 1.59. The molecule has 0 aromatic carbocycles. The van der Waals surface area contributed by atoms with Gasteiger partial charge in [0.25, 0.3) is 0 Å². The molecule has 0 bridgehead atoms. The monoisotopic (exact) mass is 257 g/mol. The summed E-state index contributed by atoms with van der Waals surface area (Å²) in [7, 11) is -1.71. The molecule has 17 heavy (non-hydrogen) atoms. The van der Waals surface area contributed by atoms with Crippen molar-refractivity contribution < 1.29 is 8.42 Å². The van der Waals surface area contributed by atoms with Crippen molar-refractivity contribution >= 4 is 15.8 Å². The highest BCUT2D eigenvalue weighted by atomic mass is 32.2. The molecule has 0 aliphatic heterocycles. The minimum Gasteiger partial charge on any atom is -0.373 e. The van der Waals surface area contributed by atoms with Crippen molar-refractivity contribution in [2.24, 2.45) is 0 Å². The Bertz CT molecular complexity index is 442. The Morgan fingerprint density at radius 2 is 2.12 bits per heavy atom. The van der Waals surface area contributed by atoms with Gasteiger partial charge >= 0.3 is 0 Å². The number of nitrogens with one attached hydrogen (secondary N) is 2. The Hall–Kier alpha value is -1.14. The first-order valence-corrected chi connectivity index (χ1v) is 7.14. The van der Waals surface area contributed by atoms with Crippen LogP contribution in [0.15, 0.2) is 23.2 Å². The molecule has 1 heterocycles. The average molecular weight is 257 g/mol. The van der Waals surface area contributed by atoms with Gasteiger partial charge in [-0.3, -0.25) is 0 Å². The van der Waals surface area contributed by atoms with Crippen molar-refractivity contribution in [2.45, 2.75) is 37.6 Å². The smallest absolute Gasteiger partial charge is 0.242 e. The van der Waals surface area contributed by atoms with Gasteiger partial charge in [-0.25, -0.2) is 18.1 Å². The van der Waals surface area contributed by atoms with Gasteiger partial charge in [0.15, 0.2) is 0 Å². The van der Waals surface area contributed by atoms with E-state index >= 15 is 0 Å². The van der Waals surface area contributed by atoms with E-state index in [1.165, 1.54) is 6.20 Å². The maximum absolute atomic E-state index is 11.9. The Balaban J connectivity index is 2.82. The van der Waals surface area contributed by atoms with Gasteiger partial charge in [-0.1, -0.05) is 13.3 Å². The second kappa shape index (κ2) is 5.97. The summed E-state index contributed by atoms with van der Waals surface area (Å²) in [5.74, 6) is 0.644. The molecule has 96 valence electrons. The first kappa shape index (κ1) is 13.9. The molecule has 1 atom stereocenters. The van der Waals surface area contributed by atoms with E-state index in [1.54, 1.807) is 19.2 Å². The van der Waals surface area contributed by atoms with Gasteiger partial charge in [0.1, 0.15) is 10.7 Å². The van der Waals surface area contributed by atoms with E-state index < -0.39 is 10.0 Å². The number of aromatic nitrogens is 1. The van der Waals surface area contributed by atoms with Gasteiger partial charge in [0, 0.05) is 19.3 Å². The van der Waals surface area contributed by atoms with Gasteiger partial charge in [-0.05, 0) is 25.5 Å². The molecule has 0 spiro atoms. The van der Waals surface area contributed by atoms with Gasteiger partial charge in [-0.2, -0.15) is 0 Å². The number of hydrogen-bond donors (Lipinski definition) is 2. The summed E-state index contributed by atoms with van der Waals surface area (Å²) < 4.78 is 26.5. The molecule has 1 rings (SSSR count). The van der Waals surface area contributed by atoms with Crippen LogP contribution in [0.5, 0.6) is 0 Å². The molecule has 1 aromatic rings. The van der Waals surface area contributed by atoms with Crippen LogP contribution in [0.3, 0.4) is 0 Å². The Labute approximate surface area is 103 Å². The fraction of sp³-hybridized carbons (Fsp3) is 0.545. The summed E-state index contributed by atoms with van der Waals surface area (Å²) in [6, 6.07) is 3.12. The van der Waals surface area contributed by atoms with Crippen LogP contribution in [0.1, 0.15) is 26.7 Å². The maximum Gasteiger partial charge on any atom is 0.242 e. The standard InChI is InChI=1S/C11H19N3O2S/c1-4-5-9(2)14-17(15,16)10-6-7-11(12-3)13-8-10/h6-9,14H,4-5H2,1-3H3,(H,12,13). The summed E-state index contributed by atoms with van der Waals surface area (Å²) in [5, 5.41) is 2.84. The van der Waals surface area contributed by atoms with Crippen molar-refractivity contribution in [3.63, 3.8) is 0 Å². The molecule has 0 fully saturated rings. The van der Waals surface area contributed by atoms with Crippen molar-refractivity contribution in [2.75, 3.05) is 12.4 Å². The number of rotatable bonds is 6. The lowest BCUT2D eigenvalue weighted by atomic mass is 10.2. The molecule has 5 nitrogen and oxygen atoms in total. The minimum absolute atomic E-state index is 0.0611. The van der Waals surface area contributed by atoms with Crippen LogP contribution in [0, 0.1) is 0 Å². The quantitative estimate of drug-likeness (QED) is 0.812. The van der Waals surface area contributed by atoms with E-state index in [1.807, 2.05) is 13.8 Å².